The van der Waals surface area contributed by atoms with Crippen molar-refractivity contribution in [1.82, 2.24) is 15.6 Å². The molecule has 0 aliphatic carbocycles. The summed E-state index contributed by atoms with van der Waals surface area (Å²) in [7, 11) is 3.05. The lowest BCUT2D eigenvalue weighted by atomic mass is 9.96. The molecule has 35 heavy (non-hydrogen) atoms. The number of carbonyl (C=O) groups excluding carboxylic acids is 1. The van der Waals surface area contributed by atoms with E-state index in [2.05, 4.69) is 15.6 Å². The average molecular weight is 526 g/mol. The largest absolute Gasteiger partial charge is 0.495 e. The SMILES string of the molecule is CNC(=O)[C@H](N[C@H](CCc1ccc(C(F)(F)F)nc1)c1ccc(Cl)c(OC)c1)c1ccc(Cl)cc1. The minimum Gasteiger partial charge on any atom is -0.495 e. The van der Waals surface area contributed by atoms with Crippen molar-refractivity contribution in [2.45, 2.75) is 31.1 Å². The van der Waals surface area contributed by atoms with Crippen LogP contribution in [0.3, 0.4) is 0 Å². The maximum Gasteiger partial charge on any atom is 0.433 e. The van der Waals surface area contributed by atoms with Crippen LogP contribution in [0, 0.1) is 0 Å². The Morgan fingerprint density at radius 1 is 1.06 bits per heavy atom. The predicted molar refractivity (Wildman–Crippen MR) is 130 cm³/mol. The Morgan fingerprint density at radius 2 is 1.74 bits per heavy atom. The van der Waals surface area contributed by atoms with Crippen molar-refractivity contribution in [3.05, 3.63) is 93.2 Å². The normalized spacial score (nSPS) is 13.2. The van der Waals surface area contributed by atoms with Crippen LogP contribution < -0.4 is 15.4 Å². The molecule has 1 amide bonds. The maximum absolute atomic E-state index is 12.9. The first kappa shape index (κ1) is 26.8. The van der Waals surface area contributed by atoms with Crippen LogP contribution in [0.1, 0.15) is 40.9 Å². The summed E-state index contributed by atoms with van der Waals surface area (Å²) in [6.07, 6.45) is -2.41. The molecule has 0 saturated carbocycles. The van der Waals surface area contributed by atoms with Crippen molar-refractivity contribution in [3.8, 4) is 5.75 Å². The van der Waals surface area contributed by atoms with Gasteiger partial charge in [0.1, 0.15) is 17.5 Å². The van der Waals surface area contributed by atoms with E-state index in [0.29, 0.717) is 39.8 Å². The van der Waals surface area contributed by atoms with E-state index in [1.807, 2.05) is 6.07 Å². The zero-order valence-corrected chi connectivity index (χ0v) is 20.5. The van der Waals surface area contributed by atoms with E-state index >= 15 is 0 Å². The molecule has 0 bridgehead atoms. The van der Waals surface area contributed by atoms with Crippen LogP contribution in [0.4, 0.5) is 13.2 Å². The highest BCUT2D eigenvalue weighted by atomic mass is 35.5. The van der Waals surface area contributed by atoms with Gasteiger partial charge in [0.05, 0.1) is 12.1 Å². The van der Waals surface area contributed by atoms with Gasteiger partial charge in [0.25, 0.3) is 0 Å². The van der Waals surface area contributed by atoms with E-state index in [0.717, 1.165) is 11.6 Å². The number of amides is 1. The van der Waals surface area contributed by atoms with Crippen molar-refractivity contribution in [1.29, 1.82) is 0 Å². The number of methoxy groups -OCH3 is 1. The lowest BCUT2D eigenvalue weighted by Crippen LogP contribution is -2.38. The molecule has 5 nitrogen and oxygen atoms in total. The number of aryl methyl sites for hydroxylation is 1. The zero-order chi connectivity index (χ0) is 25.6. The number of hydrogen-bond acceptors (Lipinski definition) is 4. The topological polar surface area (TPSA) is 63.2 Å². The fraction of sp³-hybridized carbons (Fsp3) is 0.280. The van der Waals surface area contributed by atoms with Crippen molar-refractivity contribution < 1.29 is 22.7 Å². The molecule has 3 aromatic rings. The number of likely N-dealkylation sites (N-methyl/N-ethyl adjacent to an activating group) is 1. The third kappa shape index (κ3) is 7.10. The van der Waals surface area contributed by atoms with Gasteiger partial charge in [-0.3, -0.25) is 15.1 Å². The molecule has 2 atom stereocenters. The van der Waals surface area contributed by atoms with Gasteiger partial charge in [-0.15, -0.1) is 0 Å². The van der Waals surface area contributed by atoms with Gasteiger partial charge >= 0.3 is 6.18 Å². The molecule has 2 aromatic carbocycles. The Balaban J connectivity index is 1.91. The third-order valence-electron chi connectivity index (χ3n) is 5.49. The van der Waals surface area contributed by atoms with E-state index in [-0.39, 0.29) is 11.9 Å². The van der Waals surface area contributed by atoms with Crippen LogP contribution in [0.2, 0.25) is 10.0 Å². The summed E-state index contributed by atoms with van der Waals surface area (Å²) in [5.74, 6) is 0.213. The number of nitrogens with one attached hydrogen (secondary N) is 2. The van der Waals surface area contributed by atoms with Gasteiger partial charge in [-0.2, -0.15) is 13.2 Å². The fourth-order valence-corrected chi connectivity index (χ4v) is 3.94. The van der Waals surface area contributed by atoms with Gasteiger partial charge in [-0.25, -0.2) is 0 Å². The van der Waals surface area contributed by atoms with Crippen molar-refractivity contribution in [2.75, 3.05) is 14.2 Å². The van der Waals surface area contributed by atoms with E-state index in [1.165, 1.54) is 19.4 Å². The Kier molecular flexibility index (Phi) is 8.99. The highest BCUT2D eigenvalue weighted by molar-refractivity contribution is 6.32. The minimum absolute atomic E-state index is 0.255. The second-order valence-corrected chi connectivity index (χ2v) is 8.64. The summed E-state index contributed by atoms with van der Waals surface area (Å²) in [5.41, 5.74) is 1.19. The molecule has 0 unspecified atom stereocenters. The zero-order valence-electron chi connectivity index (χ0n) is 19.0. The first-order valence-corrected chi connectivity index (χ1v) is 11.5. The summed E-state index contributed by atoms with van der Waals surface area (Å²) in [6, 6.07) is 13.5. The second kappa shape index (κ2) is 11.7. The number of aromatic nitrogens is 1. The Bertz CT molecular complexity index is 1140. The van der Waals surface area contributed by atoms with Crippen LogP contribution in [0.5, 0.6) is 5.75 Å². The molecule has 0 fully saturated rings. The van der Waals surface area contributed by atoms with Crippen LogP contribution in [-0.4, -0.2) is 25.0 Å². The molecule has 10 heteroatoms. The fourth-order valence-electron chi connectivity index (χ4n) is 3.61. The Morgan fingerprint density at radius 3 is 2.31 bits per heavy atom. The summed E-state index contributed by atoms with van der Waals surface area (Å²) >= 11 is 12.2. The lowest BCUT2D eigenvalue weighted by Gasteiger charge is -2.26. The summed E-state index contributed by atoms with van der Waals surface area (Å²) in [4.78, 5) is 16.3. The monoisotopic (exact) mass is 525 g/mol. The van der Waals surface area contributed by atoms with E-state index in [4.69, 9.17) is 27.9 Å². The van der Waals surface area contributed by atoms with Gasteiger partial charge in [0.2, 0.25) is 5.91 Å². The number of benzene rings is 2. The molecular formula is C25H24Cl2F3N3O2. The molecule has 0 radical (unpaired) electrons. The molecule has 0 aliphatic heterocycles. The molecule has 0 aliphatic rings. The molecule has 0 spiro atoms. The first-order valence-electron chi connectivity index (χ1n) is 10.7. The molecule has 186 valence electrons. The third-order valence-corrected chi connectivity index (χ3v) is 6.06. The van der Waals surface area contributed by atoms with E-state index in [1.54, 1.807) is 43.4 Å². The second-order valence-electron chi connectivity index (χ2n) is 7.80. The van der Waals surface area contributed by atoms with Gasteiger partial charge in [-0.1, -0.05) is 47.5 Å². The van der Waals surface area contributed by atoms with Gasteiger partial charge in [0.15, 0.2) is 0 Å². The van der Waals surface area contributed by atoms with Crippen LogP contribution in [-0.2, 0) is 17.4 Å². The molecule has 1 aromatic heterocycles. The number of rotatable bonds is 9. The predicted octanol–water partition coefficient (Wildman–Crippen LogP) is 6.17. The lowest BCUT2D eigenvalue weighted by molar-refractivity contribution is -0.141. The minimum atomic E-state index is -4.50. The highest BCUT2D eigenvalue weighted by Gasteiger charge is 2.32. The number of pyridine rings is 1. The number of nitrogens with zero attached hydrogens (tertiary/aromatic N) is 1. The van der Waals surface area contributed by atoms with Crippen LogP contribution in [0.15, 0.2) is 60.8 Å². The smallest absolute Gasteiger partial charge is 0.433 e. The molecule has 3 rings (SSSR count). The molecule has 1 heterocycles. The van der Waals surface area contributed by atoms with Crippen LogP contribution >= 0.6 is 23.2 Å². The molecule has 0 saturated heterocycles. The van der Waals surface area contributed by atoms with E-state index in [9.17, 15) is 18.0 Å². The molecular weight excluding hydrogens is 502 g/mol. The number of ether oxygens (including phenoxy) is 1. The summed E-state index contributed by atoms with van der Waals surface area (Å²) in [5, 5.41) is 7.02. The average Bonchev–Trinajstić information content (AvgIpc) is 2.84. The first-order chi connectivity index (χ1) is 16.6. The van der Waals surface area contributed by atoms with Gasteiger partial charge in [-0.05, 0) is 59.9 Å². The Hall–Kier alpha value is -2.81. The van der Waals surface area contributed by atoms with Crippen molar-refractivity contribution in [2.24, 2.45) is 0 Å². The number of halogens is 5. The quantitative estimate of drug-likeness (QED) is 0.350. The van der Waals surface area contributed by atoms with Crippen molar-refractivity contribution in [3.63, 3.8) is 0 Å². The number of carbonyl (C=O) groups is 1. The van der Waals surface area contributed by atoms with Crippen LogP contribution in [0.25, 0.3) is 0 Å². The van der Waals surface area contributed by atoms with Gasteiger partial charge < -0.3 is 10.1 Å². The summed E-state index contributed by atoms with van der Waals surface area (Å²) < 4.78 is 43.9. The number of hydrogen-bond donors (Lipinski definition) is 2. The standard InChI is InChI=1S/C25H24Cl2F3N3O2/c1-31-24(34)23(16-5-8-18(26)9-6-16)33-20(17-7-10-19(27)21(13-17)35-2)11-3-15-4-12-22(32-14-15)25(28,29)30/h4-10,12-14,20,23,33H,3,11H2,1-2H3,(H,31,34)/t20-,23-/m1/s1. The van der Waals surface area contributed by atoms with Crippen molar-refractivity contribution >= 4 is 29.1 Å². The summed E-state index contributed by atoms with van der Waals surface area (Å²) in [6.45, 7) is 0. The van der Waals surface area contributed by atoms with Gasteiger partial charge in [0, 0.05) is 24.3 Å². The highest BCUT2D eigenvalue weighted by Crippen LogP contribution is 2.32. The Labute approximate surface area is 211 Å². The number of alkyl halides is 3. The molecule has 2 N–H and O–H groups in total. The van der Waals surface area contributed by atoms with E-state index < -0.39 is 17.9 Å². The maximum atomic E-state index is 12.9.